The molecule has 2 aliphatic carbocycles. The molecule has 2 saturated carbocycles. The van der Waals surface area contributed by atoms with E-state index < -0.39 is 5.60 Å². The summed E-state index contributed by atoms with van der Waals surface area (Å²) in [5.74, 6) is 0. The molecular formula is C11H21NO. The SMILES string of the molecule is CC1(C)CCCC1(O)C1(CN)CC1. The molecule has 0 aromatic rings. The Labute approximate surface area is 80.5 Å². The van der Waals surface area contributed by atoms with Gasteiger partial charge >= 0.3 is 0 Å². The van der Waals surface area contributed by atoms with Gasteiger partial charge < -0.3 is 10.8 Å². The van der Waals surface area contributed by atoms with Crippen molar-refractivity contribution < 1.29 is 5.11 Å². The number of rotatable bonds is 2. The Kier molecular flexibility index (Phi) is 1.81. The van der Waals surface area contributed by atoms with Gasteiger partial charge in [-0.3, -0.25) is 0 Å². The molecule has 1 atom stereocenters. The van der Waals surface area contributed by atoms with E-state index in [-0.39, 0.29) is 10.8 Å². The van der Waals surface area contributed by atoms with Gasteiger partial charge in [0.2, 0.25) is 0 Å². The number of nitrogens with two attached hydrogens (primary N) is 1. The van der Waals surface area contributed by atoms with Crippen molar-refractivity contribution in [2.45, 2.75) is 51.6 Å². The molecule has 0 aromatic heterocycles. The van der Waals surface area contributed by atoms with Gasteiger partial charge in [-0.15, -0.1) is 0 Å². The van der Waals surface area contributed by atoms with Crippen LogP contribution in [0, 0.1) is 10.8 Å². The van der Waals surface area contributed by atoms with Gasteiger partial charge in [-0.05, 0) is 37.5 Å². The predicted molar refractivity (Wildman–Crippen MR) is 53.3 cm³/mol. The van der Waals surface area contributed by atoms with Crippen LogP contribution in [0.4, 0.5) is 0 Å². The summed E-state index contributed by atoms with van der Waals surface area (Å²) in [5.41, 5.74) is 5.47. The molecule has 1 unspecified atom stereocenters. The van der Waals surface area contributed by atoms with Crippen LogP contribution in [0.15, 0.2) is 0 Å². The summed E-state index contributed by atoms with van der Waals surface area (Å²) in [7, 11) is 0. The molecule has 2 nitrogen and oxygen atoms in total. The van der Waals surface area contributed by atoms with E-state index in [4.69, 9.17) is 5.73 Å². The first-order valence-electron chi connectivity index (χ1n) is 5.40. The third kappa shape index (κ3) is 1.02. The summed E-state index contributed by atoms with van der Waals surface area (Å²) in [4.78, 5) is 0. The lowest BCUT2D eigenvalue weighted by molar-refractivity contribution is -0.100. The van der Waals surface area contributed by atoms with E-state index in [0.29, 0.717) is 6.54 Å². The number of hydrogen-bond acceptors (Lipinski definition) is 2. The molecule has 76 valence electrons. The zero-order valence-corrected chi connectivity index (χ0v) is 8.77. The molecule has 2 rings (SSSR count). The first-order valence-corrected chi connectivity index (χ1v) is 5.40. The molecule has 0 amide bonds. The fraction of sp³-hybridized carbons (Fsp3) is 1.00. The molecule has 2 fully saturated rings. The predicted octanol–water partition coefficient (Wildman–Crippen LogP) is 1.67. The van der Waals surface area contributed by atoms with Crippen molar-refractivity contribution in [2.75, 3.05) is 6.54 Å². The Morgan fingerprint density at radius 1 is 1.15 bits per heavy atom. The highest BCUT2D eigenvalue weighted by Crippen LogP contribution is 2.64. The van der Waals surface area contributed by atoms with Gasteiger partial charge in [0.15, 0.2) is 0 Å². The van der Waals surface area contributed by atoms with Crippen LogP contribution >= 0.6 is 0 Å². The Hall–Kier alpha value is -0.0800. The first kappa shape index (κ1) is 9.47. The minimum atomic E-state index is -0.477. The van der Waals surface area contributed by atoms with E-state index >= 15 is 0 Å². The van der Waals surface area contributed by atoms with Crippen LogP contribution in [0.25, 0.3) is 0 Å². The normalized spacial score (nSPS) is 40.6. The average Bonchev–Trinajstić information content (AvgIpc) is 2.79. The van der Waals surface area contributed by atoms with E-state index in [1.807, 2.05) is 0 Å². The van der Waals surface area contributed by atoms with Gasteiger partial charge in [0, 0.05) is 12.0 Å². The largest absolute Gasteiger partial charge is 0.389 e. The Morgan fingerprint density at radius 3 is 2.08 bits per heavy atom. The maximum atomic E-state index is 10.7. The van der Waals surface area contributed by atoms with Gasteiger partial charge in [0.05, 0.1) is 5.60 Å². The van der Waals surface area contributed by atoms with Crippen molar-refractivity contribution >= 4 is 0 Å². The first-order chi connectivity index (χ1) is 5.97. The minimum Gasteiger partial charge on any atom is -0.389 e. The number of aliphatic hydroxyl groups is 1. The molecule has 2 aliphatic rings. The molecule has 0 saturated heterocycles. The lowest BCUT2D eigenvalue weighted by Crippen LogP contribution is -2.51. The van der Waals surface area contributed by atoms with E-state index in [2.05, 4.69) is 13.8 Å². The topological polar surface area (TPSA) is 46.2 Å². The monoisotopic (exact) mass is 183 g/mol. The van der Waals surface area contributed by atoms with E-state index in [9.17, 15) is 5.11 Å². The van der Waals surface area contributed by atoms with Crippen molar-refractivity contribution in [3.05, 3.63) is 0 Å². The van der Waals surface area contributed by atoms with Crippen LogP contribution in [-0.2, 0) is 0 Å². The fourth-order valence-electron chi connectivity index (χ4n) is 3.25. The average molecular weight is 183 g/mol. The van der Waals surface area contributed by atoms with E-state index in [1.54, 1.807) is 0 Å². The maximum absolute atomic E-state index is 10.7. The van der Waals surface area contributed by atoms with Crippen molar-refractivity contribution in [1.82, 2.24) is 0 Å². The van der Waals surface area contributed by atoms with Crippen LogP contribution < -0.4 is 5.73 Å². The summed E-state index contributed by atoms with van der Waals surface area (Å²) >= 11 is 0. The minimum absolute atomic E-state index is 0.0723. The fourth-order valence-corrected chi connectivity index (χ4v) is 3.25. The van der Waals surface area contributed by atoms with E-state index in [1.165, 1.54) is 0 Å². The third-order valence-corrected chi connectivity index (χ3v) is 4.58. The molecule has 0 bridgehead atoms. The summed E-state index contributed by atoms with van der Waals surface area (Å²) in [5, 5.41) is 10.7. The summed E-state index contributed by atoms with van der Waals surface area (Å²) in [6.07, 6.45) is 5.51. The van der Waals surface area contributed by atoms with Crippen LogP contribution in [-0.4, -0.2) is 17.3 Å². The molecule has 2 heteroatoms. The van der Waals surface area contributed by atoms with Gasteiger partial charge in [-0.1, -0.05) is 13.8 Å². The maximum Gasteiger partial charge on any atom is 0.0766 e. The van der Waals surface area contributed by atoms with Gasteiger partial charge in [0.1, 0.15) is 0 Å². The quantitative estimate of drug-likeness (QED) is 0.684. The standard InChI is InChI=1S/C11H21NO/c1-9(2)4-3-5-11(9,13)10(8-12)6-7-10/h13H,3-8,12H2,1-2H3. The van der Waals surface area contributed by atoms with Gasteiger partial charge in [-0.25, -0.2) is 0 Å². The molecule has 0 aliphatic heterocycles. The van der Waals surface area contributed by atoms with Crippen LogP contribution in [0.2, 0.25) is 0 Å². The second-order valence-corrected chi connectivity index (χ2v) is 5.58. The smallest absolute Gasteiger partial charge is 0.0766 e. The molecule has 0 radical (unpaired) electrons. The van der Waals surface area contributed by atoms with Crippen LogP contribution in [0.5, 0.6) is 0 Å². The van der Waals surface area contributed by atoms with Crippen LogP contribution in [0.3, 0.4) is 0 Å². The molecule has 0 spiro atoms. The highest BCUT2D eigenvalue weighted by molar-refractivity contribution is 5.16. The summed E-state index contributed by atoms with van der Waals surface area (Å²) < 4.78 is 0. The molecule has 3 N–H and O–H groups in total. The summed E-state index contributed by atoms with van der Waals surface area (Å²) in [6, 6.07) is 0. The third-order valence-electron chi connectivity index (χ3n) is 4.58. The molecule has 0 heterocycles. The van der Waals surface area contributed by atoms with Crippen molar-refractivity contribution in [3.8, 4) is 0 Å². The van der Waals surface area contributed by atoms with Crippen molar-refractivity contribution in [3.63, 3.8) is 0 Å². The highest BCUT2D eigenvalue weighted by Gasteiger charge is 2.65. The second kappa shape index (κ2) is 2.48. The molecule has 13 heavy (non-hydrogen) atoms. The lowest BCUT2D eigenvalue weighted by atomic mass is 9.68. The number of hydrogen-bond donors (Lipinski definition) is 2. The van der Waals surface area contributed by atoms with Crippen LogP contribution in [0.1, 0.15) is 46.0 Å². The molecular weight excluding hydrogens is 162 g/mol. The lowest BCUT2D eigenvalue weighted by Gasteiger charge is -2.43. The zero-order chi connectivity index (χ0) is 9.74. The Balaban J connectivity index is 2.29. The Bertz CT molecular complexity index is 220. The molecule has 0 aromatic carbocycles. The van der Waals surface area contributed by atoms with Crippen molar-refractivity contribution in [2.24, 2.45) is 16.6 Å². The van der Waals surface area contributed by atoms with E-state index in [0.717, 1.165) is 32.1 Å². The van der Waals surface area contributed by atoms with Gasteiger partial charge in [0.25, 0.3) is 0 Å². The summed E-state index contributed by atoms with van der Waals surface area (Å²) in [6.45, 7) is 5.04. The van der Waals surface area contributed by atoms with Crippen molar-refractivity contribution in [1.29, 1.82) is 0 Å². The Morgan fingerprint density at radius 2 is 1.77 bits per heavy atom. The second-order valence-electron chi connectivity index (χ2n) is 5.58. The van der Waals surface area contributed by atoms with Gasteiger partial charge in [-0.2, -0.15) is 0 Å². The highest BCUT2D eigenvalue weighted by atomic mass is 16.3. The zero-order valence-electron chi connectivity index (χ0n) is 8.77.